The first kappa shape index (κ1) is 18.4. The van der Waals surface area contributed by atoms with Crippen LogP contribution >= 0.6 is 0 Å². The number of nitrogens with one attached hydrogen (secondary N) is 1. The van der Waals surface area contributed by atoms with E-state index in [1.54, 1.807) is 4.90 Å². The molecule has 2 rings (SSSR count). The lowest BCUT2D eigenvalue weighted by molar-refractivity contribution is -0.144. The van der Waals surface area contributed by atoms with Crippen molar-refractivity contribution in [2.24, 2.45) is 5.92 Å². The minimum Gasteiger partial charge on any atom is -0.464 e. The maximum Gasteiger partial charge on any atom is 0.306 e. The molecule has 2 aliphatic rings. The van der Waals surface area contributed by atoms with Crippen molar-refractivity contribution in [1.82, 2.24) is 10.2 Å². The summed E-state index contributed by atoms with van der Waals surface area (Å²) in [6.45, 7) is 1.01. The van der Waals surface area contributed by atoms with E-state index in [9.17, 15) is 19.5 Å². The summed E-state index contributed by atoms with van der Waals surface area (Å²) in [4.78, 5) is 37.8. The molecule has 2 atom stereocenters. The molecule has 0 aromatic heterocycles. The van der Waals surface area contributed by atoms with Gasteiger partial charge < -0.3 is 20.1 Å². The molecule has 24 heavy (non-hydrogen) atoms. The maximum absolute atomic E-state index is 12.5. The largest absolute Gasteiger partial charge is 0.464 e. The molecule has 1 saturated heterocycles. The Hall–Kier alpha value is -1.89. The minimum atomic E-state index is -0.441. The Morgan fingerprint density at radius 2 is 2.21 bits per heavy atom. The van der Waals surface area contributed by atoms with E-state index in [1.165, 1.54) is 0 Å². The lowest BCUT2D eigenvalue weighted by atomic mass is 9.98. The van der Waals surface area contributed by atoms with Gasteiger partial charge in [-0.25, -0.2) is 0 Å². The number of ether oxygens (including phenoxy) is 1. The summed E-state index contributed by atoms with van der Waals surface area (Å²) in [5, 5.41) is 12.1. The van der Waals surface area contributed by atoms with E-state index in [-0.39, 0.29) is 50.0 Å². The molecular weight excluding hydrogens is 312 g/mol. The number of rotatable bonds is 3. The van der Waals surface area contributed by atoms with Crippen molar-refractivity contribution in [3.63, 3.8) is 0 Å². The fourth-order valence-corrected chi connectivity index (χ4v) is 3.10. The van der Waals surface area contributed by atoms with Gasteiger partial charge in [-0.2, -0.15) is 0 Å². The van der Waals surface area contributed by atoms with Gasteiger partial charge in [0.15, 0.2) is 0 Å². The lowest BCUT2D eigenvalue weighted by Crippen LogP contribution is -2.41. The molecule has 2 N–H and O–H groups in total. The molecule has 2 unspecified atom stereocenters. The zero-order valence-corrected chi connectivity index (χ0v) is 13.9. The van der Waals surface area contributed by atoms with E-state index in [4.69, 9.17) is 4.74 Å². The van der Waals surface area contributed by atoms with Crippen LogP contribution in [0.15, 0.2) is 12.2 Å². The van der Waals surface area contributed by atoms with Gasteiger partial charge in [-0.05, 0) is 25.7 Å². The average Bonchev–Trinajstić information content (AvgIpc) is 3.04. The van der Waals surface area contributed by atoms with Crippen LogP contribution in [0.2, 0.25) is 0 Å². The number of carbonyl (C=O) groups is 3. The molecule has 7 nitrogen and oxygen atoms in total. The molecular formula is C17H26N2O5. The van der Waals surface area contributed by atoms with Gasteiger partial charge in [0.1, 0.15) is 6.61 Å². The van der Waals surface area contributed by atoms with Gasteiger partial charge >= 0.3 is 5.97 Å². The van der Waals surface area contributed by atoms with E-state index >= 15 is 0 Å². The Labute approximate surface area is 142 Å². The average molecular weight is 338 g/mol. The van der Waals surface area contributed by atoms with Crippen LogP contribution in [-0.4, -0.2) is 60.1 Å². The van der Waals surface area contributed by atoms with Crippen LogP contribution in [0.4, 0.5) is 0 Å². The summed E-state index contributed by atoms with van der Waals surface area (Å²) in [7, 11) is 0. The van der Waals surface area contributed by atoms with Crippen molar-refractivity contribution in [2.75, 3.05) is 26.3 Å². The Bertz CT molecular complexity index is 491. The second-order valence-electron chi connectivity index (χ2n) is 6.22. The summed E-state index contributed by atoms with van der Waals surface area (Å²) in [6, 6.07) is -0.123. The number of esters is 1. The highest BCUT2D eigenvalue weighted by Gasteiger charge is 2.31. The number of nitrogens with zero attached hydrogens (tertiary/aromatic N) is 1. The maximum atomic E-state index is 12.5. The Kier molecular flexibility index (Phi) is 7.24. The highest BCUT2D eigenvalue weighted by Crippen LogP contribution is 2.21. The third-order valence-corrected chi connectivity index (χ3v) is 4.47. The van der Waals surface area contributed by atoms with Gasteiger partial charge in [-0.1, -0.05) is 12.2 Å². The molecule has 7 heteroatoms. The lowest BCUT2D eigenvalue weighted by Gasteiger charge is -2.25. The molecule has 2 amide bonds. The first-order valence-electron chi connectivity index (χ1n) is 8.60. The third kappa shape index (κ3) is 5.33. The highest BCUT2D eigenvalue weighted by molar-refractivity contribution is 5.86. The van der Waals surface area contributed by atoms with Crippen LogP contribution in [0.5, 0.6) is 0 Å². The van der Waals surface area contributed by atoms with Crippen LogP contribution in [0.3, 0.4) is 0 Å². The third-order valence-electron chi connectivity index (χ3n) is 4.47. The molecule has 0 aliphatic carbocycles. The number of hydrogen-bond acceptors (Lipinski definition) is 5. The highest BCUT2D eigenvalue weighted by atomic mass is 16.5. The Morgan fingerprint density at radius 3 is 3.00 bits per heavy atom. The van der Waals surface area contributed by atoms with E-state index in [2.05, 4.69) is 5.32 Å². The number of likely N-dealkylation sites (tertiary alicyclic amines) is 1. The van der Waals surface area contributed by atoms with Crippen LogP contribution < -0.4 is 5.32 Å². The fraction of sp³-hybridized carbons (Fsp3) is 0.706. The first-order valence-corrected chi connectivity index (χ1v) is 8.60. The topological polar surface area (TPSA) is 95.9 Å². The number of aliphatic hydroxyl groups is 1. The van der Waals surface area contributed by atoms with Crippen molar-refractivity contribution in [3.05, 3.63) is 12.2 Å². The molecule has 1 fully saturated rings. The summed E-state index contributed by atoms with van der Waals surface area (Å²) < 4.78 is 5.00. The normalized spacial score (nSPS) is 26.3. The monoisotopic (exact) mass is 338 g/mol. The van der Waals surface area contributed by atoms with Crippen LogP contribution in [0, 0.1) is 5.92 Å². The molecule has 0 radical (unpaired) electrons. The SMILES string of the molecule is O=C1CCC=CCC(CC(=O)N2CCCC2CO)C(=O)NCCO1. The Morgan fingerprint density at radius 1 is 1.38 bits per heavy atom. The van der Waals surface area contributed by atoms with Gasteiger partial charge in [0, 0.05) is 19.4 Å². The fourth-order valence-electron chi connectivity index (χ4n) is 3.10. The van der Waals surface area contributed by atoms with Crippen molar-refractivity contribution in [3.8, 4) is 0 Å². The first-order chi connectivity index (χ1) is 11.6. The van der Waals surface area contributed by atoms with E-state index in [1.807, 2.05) is 12.2 Å². The second kappa shape index (κ2) is 9.42. The van der Waals surface area contributed by atoms with Crippen molar-refractivity contribution in [1.29, 1.82) is 0 Å². The van der Waals surface area contributed by atoms with Crippen molar-refractivity contribution < 1.29 is 24.2 Å². The van der Waals surface area contributed by atoms with Crippen molar-refractivity contribution >= 4 is 17.8 Å². The van der Waals surface area contributed by atoms with E-state index < -0.39 is 5.92 Å². The van der Waals surface area contributed by atoms with E-state index in [0.717, 1.165) is 12.8 Å². The van der Waals surface area contributed by atoms with Gasteiger partial charge in [0.05, 0.1) is 25.1 Å². The van der Waals surface area contributed by atoms with Crippen LogP contribution in [-0.2, 0) is 19.1 Å². The number of allylic oxidation sites excluding steroid dienone is 2. The zero-order chi connectivity index (χ0) is 17.4. The molecule has 0 spiro atoms. The van der Waals surface area contributed by atoms with Gasteiger partial charge in [-0.3, -0.25) is 14.4 Å². The number of aliphatic hydroxyl groups excluding tert-OH is 1. The van der Waals surface area contributed by atoms with Crippen molar-refractivity contribution in [2.45, 2.75) is 44.6 Å². The van der Waals surface area contributed by atoms with Gasteiger partial charge in [0.25, 0.3) is 0 Å². The summed E-state index contributed by atoms with van der Waals surface area (Å²) in [5.41, 5.74) is 0. The second-order valence-corrected chi connectivity index (χ2v) is 6.22. The van der Waals surface area contributed by atoms with Gasteiger partial charge in [0.2, 0.25) is 11.8 Å². The number of amides is 2. The summed E-state index contributed by atoms with van der Waals surface area (Å²) >= 11 is 0. The van der Waals surface area contributed by atoms with Crippen LogP contribution in [0.25, 0.3) is 0 Å². The number of hydrogen-bond donors (Lipinski definition) is 2. The molecule has 0 aromatic rings. The Balaban J connectivity index is 1.96. The molecule has 0 bridgehead atoms. The zero-order valence-electron chi connectivity index (χ0n) is 13.9. The molecule has 134 valence electrons. The minimum absolute atomic E-state index is 0.0339. The number of carbonyl (C=O) groups excluding carboxylic acids is 3. The molecule has 2 heterocycles. The molecule has 2 aliphatic heterocycles. The number of cyclic esters (lactones) is 1. The predicted octanol–water partition coefficient (Wildman–Crippen LogP) is 0.376. The quantitative estimate of drug-likeness (QED) is 0.573. The van der Waals surface area contributed by atoms with E-state index in [0.29, 0.717) is 25.8 Å². The van der Waals surface area contributed by atoms with Crippen LogP contribution in [0.1, 0.15) is 38.5 Å². The molecule has 0 aromatic carbocycles. The standard InChI is InChI=1S/C17H26N2O5/c20-12-14-6-4-9-19(14)15(21)11-13-5-2-1-3-7-16(22)24-10-8-18-17(13)23/h1-2,13-14,20H,3-12H2,(H,18,23). The summed E-state index contributed by atoms with van der Waals surface area (Å²) in [5.74, 6) is -1.00. The smallest absolute Gasteiger partial charge is 0.306 e. The summed E-state index contributed by atoms with van der Waals surface area (Å²) in [6.07, 6.45) is 6.87. The van der Waals surface area contributed by atoms with Gasteiger partial charge in [-0.15, -0.1) is 0 Å². The molecule has 0 saturated carbocycles. The predicted molar refractivity (Wildman–Crippen MR) is 86.9 cm³/mol.